The predicted molar refractivity (Wildman–Crippen MR) is 51.7 cm³/mol. The number of amides is 1. The van der Waals surface area contributed by atoms with Crippen LogP contribution in [0.25, 0.3) is 0 Å². The monoisotopic (exact) mass is 202 g/mol. The zero-order chi connectivity index (χ0) is 10.6. The number of ether oxygens (including phenoxy) is 1. The molecular weight excluding hydrogens is 184 g/mol. The minimum atomic E-state index is -1.07. The lowest BCUT2D eigenvalue weighted by molar-refractivity contribution is 0.0391. The summed E-state index contributed by atoms with van der Waals surface area (Å²) in [5.41, 5.74) is 0. The first-order valence-electron chi connectivity index (χ1n) is 4.96. The van der Waals surface area contributed by atoms with Gasteiger partial charge in [0.25, 0.3) is 0 Å². The van der Waals surface area contributed by atoms with Crippen LogP contribution in [0.3, 0.4) is 0 Å². The van der Waals surface area contributed by atoms with Gasteiger partial charge >= 0.3 is 6.09 Å². The van der Waals surface area contributed by atoms with Crippen molar-refractivity contribution in [2.75, 3.05) is 13.2 Å². The molecule has 0 radical (unpaired) electrons. The summed E-state index contributed by atoms with van der Waals surface area (Å²) < 4.78 is 5.32. The van der Waals surface area contributed by atoms with Gasteiger partial charge in [-0.15, -0.1) is 0 Å². The van der Waals surface area contributed by atoms with Crippen molar-refractivity contribution in [2.45, 2.75) is 32.2 Å². The van der Waals surface area contributed by atoms with Gasteiger partial charge in [-0.1, -0.05) is 0 Å². The summed E-state index contributed by atoms with van der Waals surface area (Å²) in [6.45, 7) is 3.39. The van der Waals surface area contributed by atoms with E-state index in [0.29, 0.717) is 5.92 Å². The molecule has 0 bridgehead atoms. The molecule has 0 aromatic carbocycles. The first-order valence-corrected chi connectivity index (χ1v) is 4.96. The number of nitrogens with zero attached hydrogens (tertiary/aromatic N) is 1. The Kier molecular flexibility index (Phi) is 4.16. The molecule has 0 aromatic rings. The standard InChI is InChI=1S/C9H18N2O3/c1-7(11(10)9(12)13)5-8-3-2-4-14-6-8/h7-8H,2-6,10H2,1H3,(H,12,13). The van der Waals surface area contributed by atoms with Crippen molar-refractivity contribution < 1.29 is 14.6 Å². The Morgan fingerprint density at radius 1 is 1.79 bits per heavy atom. The van der Waals surface area contributed by atoms with Crippen molar-refractivity contribution in [1.82, 2.24) is 5.01 Å². The third-order valence-corrected chi connectivity index (χ3v) is 2.62. The molecule has 2 atom stereocenters. The van der Waals surface area contributed by atoms with Gasteiger partial charge < -0.3 is 9.84 Å². The Balaban J connectivity index is 2.31. The van der Waals surface area contributed by atoms with Gasteiger partial charge in [-0.25, -0.2) is 15.6 Å². The Bertz CT molecular complexity index is 192. The highest BCUT2D eigenvalue weighted by Crippen LogP contribution is 2.20. The molecule has 1 aliphatic heterocycles. The van der Waals surface area contributed by atoms with Crippen LogP contribution in [-0.2, 0) is 4.74 Å². The van der Waals surface area contributed by atoms with Gasteiger partial charge in [-0.3, -0.25) is 0 Å². The Morgan fingerprint density at radius 2 is 2.50 bits per heavy atom. The van der Waals surface area contributed by atoms with Crippen molar-refractivity contribution in [1.29, 1.82) is 0 Å². The van der Waals surface area contributed by atoms with Crippen LogP contribution in [0.4, 0.5) is 4.79 Å². The van der Waals surface area contributed by atoms with E-state index in [4.69, 9.17) is 15.7 Å². The minimum absolute atomic E-state index is 0.140. The highest BCUT2D eigenvalue weighted by molar-refractivity contribution is 5.64. The van der Waals surface area contributed by atoms with E-state index in [-0.39, 0.29) is 6.04 Å². The topological polar surface area (TPSA) is 75.8 Å². The molecule has 1 amide bonds. The minimum Gasteiger partial charge on any atom is -0.464 e. The van der Waals surface area contributed by atoms with Crippen molar-refractivity contribution in [3.8, 4) is 0 Å². The maximum absolute atomic E-state index is 10.6. The van der Waals surface area contributed by atoms with E-state index in [0.717, 1.165) is 37.5 Å². The van der Waals surface area contributed by atoms with Crippen molar-refractivity contribution in [3.63, 3.8) is 0 Å². The van der Waals surface area contributed by atoms with Crippen LogP contribution < -0.4 is 5.84 Å². The summed E-state index contributed by atoms with van der Waals surface area (Å²) in [6, 6.07) is -0.140. The van der Waals surface area contributed by atoms with E-state index in [1.54, 1.807) is 0 Å². The quantitative estimate of drug-likeness (QED) is 0.407. The molecule has 0 aromatic heterocycles. The molecule has 5 nitrogen and oxygen atoms in total. The molecule has 5 heteroatoms. The molecule has 2 unspecified atom stereocenters. The zero-order valence-corrected chi connectivity index (χ0v) is 8.48. The first-order chi connectivity index (χ1) is 6.61. The molecular formula is C9H18N2O3. The Hall–Kier alpha value is -0.810. The van der Waals surface area contributed by atoms with E-state index in [1.807, 2.05) is 6.92 Å². The number of carbonyl (C=O) groups is 1. The third kappa shape index (κ3) is 3.16. The van der Waals surface area contributed by atoms with Crippen LogP contribution in [0, 0.1) is 5.92 Å². The fourth-order valence-corrected chi connectivity index (χ4v) is 1.78. The van der Waals surface area contributed by atoms with E-state index in [2.05, 4.69) is 0 Å². The van der Waals surface area contributed by atoms with Crippen molar-refractivity contribution in [3.05, 3.63) is 0 Å². The molecule has 0 saturated carbocycles. The number of nitrogens with two attached hydrogens (primary N) is 1. The van der Waals surface area contributed by atoms with Crippen LogP contribution >= 0.6 is 0 Å². The predicted octanol–water partition coefficient (Wildman–Crippen LogP) is 1.05. The molecule has 0 aliphatic carbocycles. The van der Waals surface area contributed by atoms with Gasteiger partial charge in [0.2, 0.25) is 0 Å². The largest absolute Gasteiger partial charge is 0.464 e. The summed E-state index contributed by atoms with van der Waals surface area (Å²) in [6.07, 6.45) is 1.88. The van der Waals surface area contributed by atoms with E-state index >= 15 is 0 Å². The van der Waals surface area contributed by atoms with Crippen molar-refractivity contribution in [2.24, 2.45) is 11.8 Å². The highest BCUT2D eigenvalue weighted by atomic mass is 16.5. The van der Waals surface area contributed by atoms with Gasteiger partial charge in [-0.2, -0.15) is 0 Å². The van der Waals surface area contributed by atoms with Crippen molar-refractivity contribution >= 4 is 6.09 Å². The smallest absolute Gasteiger partial charge is 0.421 e. The van der Waals surface area contributed by atoms with E-state index < -0.39 is 6.09 Å². The number of rotatable bonds is 3. The van der Waals surface area contributed by atoms with Crippen LogP contribution in [0.5, 0.6) is 0 Å². The lowest BCUT2D eigenvalue weighted by Crippen LogP contribution is -2.44. The van der Waals surface area contributed by atoms with Gasteiger partial charge in [0.05, 0.1) is 0 Å². The zero-order valence-electron chi connectivity index (χ0n) is 8.48. The lowest BCUT2D eigenvalue weighted by atomic mass is 9.95. The molecule has 1 fully saturated rings. The number of hydrogen-bond donors (Lipinski definition) is 2. The number of hydrazine groups is 1. The first kappa shape index (κ1) is 11.3. The fraction of sp³-hybridized carbons (Fsp3) is 0.889. The Morgan fingerprint density at radius 3 is 3.00 bits per heavy atom. The molecule has 82 valence electrons. The normalized spacial score (nSPS) is 24.3. The molecule has 1 saturated heterocycles. The van der Waals surface area contributed by atoms with Crippen LogP contribution in [-0.4, -0.2) is 35.5 Å². The van der Waals surface area contributed by atoms with Crippen LogP contribution in [0.2, 0.25) is 0 Å². The Labute approximate surface area is 83.8 Å². The maximum Gasteiger partial charge on any atom is 0.421 e. The summed E-state index contributed by atoms with van der Waals surface area (Å²) in [4.78, 5) is 10.6. The van der Waals surface area contributed by atoms with E-state index in [1.165, 1.54) is 0 Å². The summed E-state index contributed by atoms with van der Waals surface area (Å²) in [5.74, 6) is 5.82. The molecule has 0 spiro atoms. The maximum atomic E-state index is 10.6. The van der Waals surface area contributed by atoms with Gasteiger partial charge in [-0.05, 0) is 32.1 Å². The van der Waals surface area contributed by atoms with Crippen LogP contribution in [0.1, 0.15) is 26.2 Å². The highest BCUT2D eigenvalue weighted by Gasteiger charge is 2.21. The molecule has 3 N–H and O–H groups in total. The van der Waals surface area contributed by atoms with Gasteiger partial charge in [0.1, 0.15) is 0 Å². The third-order valence-electron chi connectivity index (χ3n) is 2.62. The second-order valence-corrected chi connectivity index (χ2v) is 3.86. The average molecular weight is 202 g/mol. The van der Waals surface area contributed by atoms with Crippen LogP contribution in [0.15, 0.2) is 0 Å². The summed E-state index contributed by atoms with van der Waals surface area (Å²) in [7, 11) is 0. The molecule has 14 heavy (non-hydrogen) atoms. The molecule has 1 aliphatic rings. The van der Waals surface area contributed by atoms with Gasteiger partial charge in [0.15, 0.2) is 0 Å². The lowest BCUT2D eigenvalue weighted by Gasteiger charge is -2.28. The second-order valence-electron chi connectivity index (χ2n) is 3.86. The average Bonchev–Trinajstić information content (AvgIpc) is 2.18. The van der Waals surface area contributed by atoms with Gasteiger partial charge in [0, 0.05) is 19.3 Å². The van der Waals surface area contributed by atoms with E-state index in [9.17, 15) is 4.79 Å². The summed E-state index contributed by atoms with van der Waals surface area (Å²) >= 11 is 0. The number of hydrogen-bond acceptors (Lipinski definition) is 3. The summed E-state index contributed by atoms with van der Waals surface area (Å²) in [5, 5.41) is 9.52. The number of carboxylic acid groups (broad SMARTS) is 1. The molecule has 1 heterocycles. The fourth-order valence-electron chi connectivity index (χ4n) is 1.78. The SMILES string of the molecule is CC(CC1CCCOC1)N(N)C(=O)O. The molecule has 1 rings (SSSR count). The second kappa shape index (κ2) is 5.17.